The molecule has 1 rings (SSSR count). The molecule has 88 valence electrons. The number of hydrogen-bond acceptors (Lipinski definition) is 2. The highest BCUT2D eigenvalue weighted by molar-refractivity contribution is 5.72. The van der Waals surface area contributed by atoms with Crippen molar-refractivity contribution in [2.45, 2.75) is 13.5 Å². The molecule has 0 fully saturated rings. The molecule has 0 saturated heterocycles. The van der Waals surface area contributed by atoms with Crippen LogP contribution in [0.15, 0.2) is 18.2 Å². The van der Waals surface area contributed by atoms with Crippen molar-refractivity contribution in [1.29, 1.82) is 0 Å². The monoisotopic (exact) mass is 228 g/mol. The summed E-state index contributed by atoms with van der Waals surface area (Å²) in [4.78, 5) is 10.5. The highest BCUT2D eigenvalue weighted by atomic mass is 19.2. The summed E-state index contributed by atoms with van der Waals surface area (Å²) in [6, 6.07) is 3.77. The predicted octanol–water partition coefficient (Wildman–Crippen LogP) is 1.19. The number of carbonyl (C=O) groups is 1. The van der Waals surface area contributed by atoms with Gasteiger partial charge >= 0.3 is 0 Å². The van der Waals surface area contributed by atoms with Crippen LogP contribution < -0.4 is 10.6 Å². The zero-order chi connectivity index (χ0) is 12.0. The van der Waals surface area contributed by atoms with Crippen molar-refractivity contribution in [3.63, 3.8) is 0 Å². The lowest BCUT2D eigenvalue weighted by Crippen LogP contribution is -2.29. The average molecular weight is 228 g/mol. The third kappa shape index (κ3) is 4.35. The standard InChI is InChI=1S/C11H14F2N2O/c1-8(16)15-5-4-14-7-9-2-3-10(12)11(13)6-9/h2-3,6,14H,4-5,7H2,1H3,(H,15,16). The molecule has 0 aliphatic rings. The number of nitrogens with one attached hydrogen (secondary N) is 2. The van der Waals surface area contributed by atoms with Gasteiger partial charge in [-0.3, -0.25) is 4.79 Å². The van der Waals surface area contributed by atoms with Gasteiger partial charge in [-0.25, -0.2) is 8.78 Å². The van der Waals surface area contributed by atoms with Gasteiger partial charge in [0.1, 0.15) is 0 Å². The van der Waals surface area contributed by atoms with Crippen LogP contribution in [0.4, 0.5) is 8.78 Å². The molecule has 0 aromatic heterocycles. The van der Waals surface area contributed by atoms with Crippen LogP contribution in [0.3, 0.4) is 0 Å². The maximum atomic E-state index is 12.8. The van der Waals surface area contributed by atoms with Gasteiger partial charge in [0.25, 0.3) is 0 Å². The first-order valence-electron chi connectivity index (χ1n) is 4.98. The van der Waals surface area contributed by atoms with E-state index in [1.807, 2.05) is 0 Å². The molecule has 16 heavy (non-hydrogen) atoms. The first-order chi connectivity index (χ1) is 7.59. The van der Waals surface area contributed by atoms with Crippen molar-refractivity contribution >= 4 is 5.91 Å². The topological polar surface area (TPSA) is 41.1 Å². The number of amides is 1. The Labute approximate surface area is 92.8 Å². The number of rotatable bonds is 5. The molecule has 0 radical (unpaired) electrons. The first-order valence-corrected chi connectivity index (χ1v) is 4.98. The van der Waals surface area contributed by atoms with Gasteiger partial charge in [0.2, 0.25) is 5.91 Å². The summed E-state index contributed by atoms with van der Waals surface area (Å²) in [6.07, 6.45) is 0. The maximum Gasteiger partial charge on any atom is 0.216 e. The van der Waals surface area contributed by atoms with Crippen LogP contribution in [0.5, 0.6) is 0 Å². The fraction of sp³-hybridized carbons (Fsp3) is 0.364. The minimum atomic E-state index is -0.846. The van der Waals surface area contributed by atoms with E-state index in [9.17, 15) is 13.6 Å². The van der Waals surface area contributed by atoms with Crippen LogP contribution in [0.1, 0.15) is 12.5 Å². The summed E-state index contributed by atoms with van der Waals surface area (Å²) in [7, 11) is 0. The van der Waals surface area contributed by atoms with Gasteiger partial charge < -0.3 is 10.6 Å². The molecule has 0 aliphatic carbocycles. The van der Waals surface area contributed by atoms with Crippen molar-refractivity contribution in [3.8, 4) is 0 Å². The van der Waals surface area contributed by atoms with E-state index in [0.29, 0.717) is 25.2 Å². The van der Waals surface area contributed by atoms with Crippen molar-refractivity contribution in [3.05, 3.63) is 35.4 Å². The molecule has 0 spiro atoms. The van der Waals surface area contributed by atoms with Gasteiger partial charge in [0, 0.05) is 26.6 Å². The van der Waals surface area contributed by atoms with Gasteiger partial charge in [0.05, 0.1) is 0 Å². The van der Waals surface area contributed by atoms with Crippen molar-refractivity contribution in [2.75, 3.05) is 13.1 Å². The third-order valence-electron chi connectivity index (χ3n) is 1.99. The number of benzene rings is 1. The SMILES string of the molecule is CC(=O)NCCNCc1ccc(F)c(F)c1. The Hall–Kier alpha value is -1.49. The Bertz CT molecular complexity index is 369. The van der Waals surface area contributed by atoms with Crippen LogP contribution in [-0.2, 0) is 11.3 Å². The van der Waals surface area contributed by atoms with E-state index in [1.54, 1.807) is 0 Å². The zero-order valence-corrected chi connectivity index (χ0v) is 9.02. The average Bonchev–Trinajstić information content (AvgIpc) is 2.22. The van der Waals surface area contributed by atoms with Gasteiger partial charge in [-0.05, 0) is 17.7 Å². The van der Waals surface area contributed by atoms with E-state index in [0.717, 1.165) is 12.1 Å². The fourth-order valence-corrected chi connectivity index (χ4v) is 1.21. The highest BCUT2D eigenvalue weighted by Crippen LogP contribution is 2.07. The Morgan fingerprint density at radius 3 is 2.62 bits per heavy atom. The summed E-state index contributed by atoms with van der Waals surface area (Å²) in [5, 5.41) is 5.62. The fourth-order valence-electron chi connectivity index (χ4n) is 1.21. The van der Waals surface area contributed by atoms with Crippen molar-refractivity contribution in [2.24, 2.45) is 0 Å². The number of hydrogen-bond donors (Lipinski definition) is 2. The normalized spacial score (nSPS) is 10.2. The van der Waals surface area contributed by atoms with Crippen LogP contribution in [0, 0.1) is 11.6 Å². The lowest BCUT2D eigenvalue weighted by Gasteiger charge is -2.05. The molecule has 5 heteroatoms. The Morgan fingerprint density at radius 1 is 1.25 bits per heavy atom. The van der Waals surface area contributed by atoms with E-state index >= 15 is 0 Å². The highest BCUT2D eigenvalue weighted by Gasteiger charge is 2.01. The smallest absolute Gasteiger partial charge is 0.216 e. The lowest BCUT2D eigenvalue weighted by molar-refractivity contribution is -0.118. The van der Waals surface area contributed by atoms with E-state index in [2.05, 4.69) is 10.6 Å². The molecule has 1 amide bonds. The predicted molar refractivity (Wildman–Crippen MR) is 56.7 cm³/mol. The Kier molecular flexibility index (Phi) is 4.85. The van der Waals surface area contributed by atoms with E-state index in [1.165, 1.54) is 13.0 Å². The summed E-state index contributed by atoms with van der Waals surface area (Å²) in [5.74, 6) is -1.78. The third-order valence-corrected chi connectivity index (χ3v) is 1.99. The summed E-state index contributed by atoms with van der Waals surface area (Å²) >= 11 is 0. The molecule has 0 atom stereocenters. The van der Waals surface area contributed by atoms with E-state index in [4.69, 9.17) is 0 Å². The molecule has 0 aliphatic heterocycles. The van der Waals surface area contributed by atoms with Crippen LogP contribution >= 0.6 is 0 Å². The molecule has 3 nitrogen and oxygen atoms in total. The van der Waals surface area contributed by atoms with Gasteiger partial charge in [-0.2, -0.15) is 0 Å². The van der Waals surface area contributed by atoms with Crippen LogP contribution in [0.2, 0.25) is 0 Å². The molecule has 0 saturated carbocycles. The molecule has 0 heterocycles. The second-order valence-electron chi connectivity index (χ2n) is 3.41. The molecular weight excluding hydrogens is 214 g/mol. The first kappa shape index (κ1) is 12.6. The summed E-state index contributed by atoms with van der Waals surface area (Å²) < 4.78 is 25.4. The van der Waals surface area contributed by atoms with Gasteiger partial charge in [0.15, 0.2) is 11.6 Å². The van der Waals surface area contributed by atoms with E-state index < -0.39 is 11.6 Å². The van der Waals surface area contributed by atoms with Gasteiger partial charge in [-0.1, -0.05) is 6.07 Å². The molecular formula is C11H14F2N2O. The second-order valence-corrected chi connectivity index (χ2v) is 3.41. The van der Waals surface area contributed by atoms with Crippen LogP contribution in [0.25, 0.3) is 0 Å². The molecule has 2 N–H and O–H groups in total. The maximum absolute atomic E-state index is 12.8. The number of halogens is 2. The van der Waals surface area contributed by atoms with E-state index in [-0.39, 0.29) is 5.91 Å². The number of carbonyl (C=O) groups excluding carboxylic acids is 1. The lowest BCUT2D eigenvalue weighted by atomic mass is 10.2. The molecule has 1 aromatic rings. The quantitative estimate of drug-likeness (QED) is 0.743. The summed E-state index contributed by atoms with van der Waals surface area (Å²) in [5.41, 5.74) is 0.668. The Morgan fingerprint density at radius 2 is 2.00 bits per heavy atom. The Balaban J connectivity index is 2.27. The minimum absolute atomic E-state index is 0.0883. The minimum Gasteiger partial charge on any atom is -0.355 e. The molecule has 0 bridgehead atoms. The summed E-state index contributed by atoms with van der Waals surface area (Å²) in [6.45, 7) is 2.98. The zero-order valence-electron chi connectivity index (χ0n) is 9.02. The second kappa shape index (κ2) is 6.17. The molecule has 0 unspecified atom stereocenters. The largest absolute Gasteiger partial charge is 0.355 e. The van der Waals surface area contributed by atoms with Crippen LogP contribution in [-0.4, -0.2) is 19.0 Å². The molecule has 1 aromatic carbocycles. The van der Waals surface area contributed by atoms with Crippen molar-refractivity contribution < 1.29 is 13.6 Å². The van der Waals surface area contributed by atoms with Crippen molar-refractivity contribution in [1.82, 2.24) is 10.6 Å². The van der Waals surface area contributed by atoms with Gasteiger partial charge in [-0.15, -0.1) is 0 Å².